The van der Waals surface area contributed by atoms with Gasteiger partial charge in [-0.2, -0.15) is 0 Å². The number of para-hydroxylation sites is 1. The third-order valence-corrected chi connectivity index (χ3v) is 2.88. The van der Waals surface area contributed by atoms with Crippen LogP contribution in [0.2, 0.25) is 0 Å². The smallest absolute Gasteiger partial charge is 0.326 e. The normalized spacial score (nSPS) is 10.1. The molecule has 0 spiro atoms. The van der Waals surface area contributed by atoms with Gasteiger partial charge in [0.15, 0.2) is 0 Å². The van der Waals surface area contributed by atoms with Gasteiger partial charge in [0.05, 0.1) is 7.11 Å². The van der Waals surface area contributed by atoms with Crippen molar-refractivity contribution in [3.05, 3.63) is 62.4 Å². The SMILES string of the molecule is COc1ccccc1CCNC(=O)c1cc(=O)[nH]c(=O)[nH]1. The summed E-state index contributed by atoms with van der Waals surface area (Å²) in [5.41, 5.74) is -0.436. The lowest BCUT2D eigenvalue weighted by Gasteiger charge is -2.08. The Bertz CT molecular complexity index is 720. The first-order valence-corrected chi connectivity index (χ1v) is 6.34. The van der Waals surface area contributed by atoms with Crippen molar-refractivity contribution in [2.75, 3.05) is 13.7 Å². The summed E-state index contributed by atoms with van der Waals surface area (Å²) in [4.78, 5) is 38.3. The highest BCUT2D eigenvalue weighted by molar-refractivity contribution is 5.91. The molecule has 21 heavy (non-hydrogen) atoms. The van der Waals surface area contributed by atoms with Crippen LogP contribution in [0.25, 0.3) is 0 Å². The van der Waals surface area contributed by atoms with Crippen LogP contribution in [0.15, 0.2) is 39.9 Å². The van der Waals surface area contributed by atoms with Gasteiger partial charge in [-0.05, 0) is 18.1 Å². The van der Waals surface area contributed by atoms with E-state index in [0.29, 0.717) is 13.0 Å². The van der Waals surface area contributed by atoms with Crippen molar-refractivity contribution in [2.24, 2.45) is 0 Å². The van der Waals surface area contributed by atoms with Crippen molar-refractivity contribution in [1.29, 1.82) is 0 Å². The summed E-state index contributed by atoms with van der Waals surface area (Å²) >= 11 is 0. The van der Waals surface area contributed by atoms with Crippen molar-refractivity contribution in [3.63, 3.8) is 0 Å². The molecule has 0 saturated carbocycles. The number of carbonyl (C=O) groups excluding carboxylic acids is 1. The number of ether oxygens (including phenoxy) is 1. The number of hydrogen-bond acceptors (Lipinski definition) is 4. The average Bonchev–Trinajstić information content (AvgIpc) is 2.46. The first-order chi connectivity index (χ1) is 10.1. The zero-order valence-electron chi connectivity index (χ0n) is 11.4. The Balaban J connectivity index is 1.98. The monoisotopic (exact) mass is 289 g/mol. The molecule has 0 unspecified atom stereocenters. The average molecular weight is 289 g/mol. The molecule has 1 aromatic heterocycles. The summed E-state index contributed by atoms with van der Waals surface area (Å²) < 4.78 is 5.21. The van der Waals surface area contributed by atoms with Gasteiger partial charge in [0.1, 0.15) is 11.4 Å². The first kappa shape index (κ1) is 14.6. The lowest BCUT2D eigenvalue weighted by molar-refractivity contribution is 0.0948. The van der Waals surface area contributed by atoms with Gasteiger partial charge >= 0.3 is 5.69 Å². The van der Waals surface area contributed by atoms with Crippen LogP contribution in [0.4, 0.5) is 0 Å². The molecule has 7 heteroatoms. The van der Waals surface area contributed by atoms with Gasteiger partial charge in [-0.25, -0.2) is 4.79 Å². The molecular weight excluding hydrogens is 274 g/mol. The highest BCUT2D eigenvalue weighted by Gasteiger charge is 2.08. The lowest BCUT2D eigenvalue weighted by Crippen LogP contribution is -2.32. The number of H-pyrrole nitrogens is 2. The number of aromatic amines is 2. The highest BCUT2D eigenvalue weighted by atomic mass is 16.5. The maximum Gasteiger partial charge on any atom is 0.326 e. The summed E-state index contributed by atoms with van der Waals surface area (Å²) in [6.07, 6.45) is 0.573. The number of methoxy groups -OCH3 is 1. The molecule has 0 radical (unpaired) electrons. The fourth-order valence-electron chi connectivity index (χ4n) is 1.91. The number of nitrogens with one attached hydrogen (secondary N) is 3. The quantitative estimate of drug-likeness (QED) is 0.723. The lowest BCUT2D eigenvalue weighted by atomic mass is 10.1. The number of hydrogen-bond donors (Lipinski definition) is 3. The third-order valence-electron chi connectivity index (χ3n) is 2.88. The van der Waals surface area contributed by atoms with Crippen LogP contribution >= 0.6 is 0 Å². The Labute approximate surface area is 120 Å². The maximum atomic E-state index is 11.8. The van der Waals surface area contributed by atoms with Gasteiger partial charge in [-0.15, -0.1) is 0 Å². The van der Waals surface area contributed by atoms with Crippen molar-refractivity contribution >= 4 is 5.91 Å². The van der Waals surface area contributed by atoms with E-state index in [1.54, 1.807) is 7.11 Å². The molecule has 0 aliphatic heterocycles. The molecule has 0 aliphatic rings. The standard InChI is InChI=1S/C14H15N3O4/c1-21-11-5-3-2-4-9(11)6-7-15-13(19)10-8-12(18)17-14(20)16-10/h2-5,8H,6-7H2,1H3,(H,15,19)(H2,16,17,18,20). The largest absolute Gasteiger partial charge is 0.496 e. The summed E-state index contributed by atoms with van der Waals surface area (Å²) in [7, 11) is 1.58. The van der Waals surface area contributed by atoms with Crippen molar-refractivity contribution in [3.8, 4) is 5.75 Å². The molecule has 0 saturated heterocycles. The van der Waals surface area contributed by atoms with E-state index < -0.39 is 17.2 Å². The van der Waals surface area contributed by atoms with Gasteiger partial charge in [0.25, 0.3) is 11.5 Å². The summed E-state index contributed by atoms with van der Waals surface area (Å²) in [6.45, 7) is 0.355. The first-order valence-electron chi connectivity index (χ1n) is 6.34. The Kier molecular flexibility index (Phi) is 4.55. The van der Waals surface area contributed by atoms with Crippen LogP contribution in [-0.2, 0) is 6.42 Å². The molecule has 0 atom stereocenters. The number of benzene rings is 1. The van der Waals surface area contributed by atoms with Crippen LogP contribution in [0.3, 0.4) is 0 Å². The molecular formula is C14H15N3O4. The van der Waals surface area contributed by atoms with E-state index in [9.17, 15) is 14.4 Å². The van der Waals surface area contributed by atoms with Gasteiger partial charge in [-0.1, -0.05) is 18.2 Å². The number of aromatic nitrogens is 2. The molecule has 0 fully saturated rings. The second kappa shape index (κ2) is 6.56. The van der Waals surface area contributed by atoms with Crippen LogP contribution in [0, 0.1) is 0 Å². The zero-order valence-corrected chi connectivity index (χ0v) is 11.4. The van der Waals surface area contributed by atoms with Gasteiger partial charge < -0.3 is 15.0 Å². The molecule has 0 bridgehead atoms. The molecule has 2 aromatic rings. The summed E-state index contributed by atoms with van der Waals surface area (Å²) in [6, 6.07) is 8.53. The number of amides is 1. The molecule has 0 aliphatic carbocycles. The molecule has 2 rings (SSSR count). The Morgan fingerprint density at radius 3 is 2.71 bits per heavy atom. The maximum absolute atomic E-state index is 11.8. The Morgan fingerprint density at radius 1 is 1.24 bits per heavy atom. The number of carbonyl (C=O) groups is 1. The van der Waals surface area contributed by atoms with Crippen LogP contribution < -0.4 is 21.3 Å². The van der Waals surface area contributed by atoms with Crippen LogP contribution in [0.1, 0.15) is 16.1 Å². The minimum atomic E-state index is -0.711. The third kappa shape index (κ3) is 3.82. The van der Waals surface area contributed by atoms with Gasteiger partial charge in [0.2, 0.25) is 0 Å². The highest BCUT2D eigenvalue weighted by Crippen LogP contribution is 2.17. The van der Waals surface area contributed by atoms with Crippen molar-refractivity contribution in [2.45, 2.75) is 6.42 Å². The van der Waals surface area contributed by atoms with Crippen LogP contribution in [0.5, 0.6) is 5.75 Å². The van der Waals surface area contributed by atoms with E-state index in [0.717, 1.165) is 17.4 Å². The fourth-order valence-corrected chi connectivity index (χ4v) is 1.91. The van der Waals surface area contributed by atoms with E-state index in [1.165, 1.54) is 0 Å². The summed E-state index contributed by atoms with van der Waals surface area (Å²) in [5.74, 6) is 0.240. The van der Waals surface area contributed by atoms with E-state index in [1.807, 2.05) is 29.2 Å². The molecule has 7 nitrogen and oxygen atoms in total. The Hall–Kier alpha value is -2.83. The van der Waals surface area contributed by atoms with E-state index in [2.05, 4.69) is 10.3 Å². The molecule has 1 aromatic carbocycles. The molecule has 1 amide bonds. The van der Waals surface area contributed by atoms with Crippen molar-refractivity contribution < 1.29 is 9.53 Å². The number of rotatable bonds is 5. The van der Waals surface area contributed by atoms with E-state index in [-0.39, 0.29) is 5.69 Å². The molecule has 3 N–H and O–H groups in total. The summed E-state index contributed by atoms with van der Waals surface area (Å²) in [5, 5.41) is 2.64. The second-order valence-electron chi connectivity index (χ2n) is 4.32. The van der Waals surface area contributed by atoms with Crippen molar-refractivity contribution in [1.82, 2.24) is 15.3 Å². The van der Waals surface area contributed by atoms with Gasteiger partial charge in [0, 0.05) is 12.6 Å². The van der Waals surface area contributed by atoms with Crippen LogP contribution in [-0.4, -0.2) is 29.5 Å². The topological polar surface area (TPSA) is 104 Å². The predicted octanol–water partition coefficient (Wildman–Crippen LogP) is 0.0443. The fraction of sp³-hybridized carbons (Fsp3) is 0.214. The predicted molar refractivity (Wildman–Crippen MR) is 76.7 cm³/mol. The minimum Gasteiger partial charge on any atom is -0.496 e. The van der Waals surface area contributed by atoms with E-state index in [4.69, 9.17) is 4.74 Å². The zero-order chi connectivity index (χ0) is 15.2. The second-order valence-corrected chi connectivity index (χ2v) is 4.32. The minimum absolute atomic E-state index is 0.0659. The molecule has 110 valence electrons. The van der Waals surface area contributed by atoms with Gasteiger partial charge in [-0.3, -0.25) is 14.6 Å². The molecule has 1 heterocycles. The Morgan fingerprint density at radius 2 is 2.00 bits per heavy atom. The van der Waals surface area contributed by atoms with E-state index >= 15 is 0 Å².